The lowest BCUT2D eigenvalue weighted by Gasteiger charge is -2.17. The van der Waals surface area contributed by atoms with Crippen LogP contribution in [0.25, 0.3) is 10.9 Å². The van der Waals surface area contributed by atoms with Crippen LogP contribution in [0.4, 0.5) is 0 Å². The molecule has 2 aromatic rings. The molecule has 1 aromatic carbocycles. The van der Waals surface area contributed by atoms with E-state index < -0.39 is 18.2 Å². The standard InChI is InChI=1S/C14H18N2O4/c1-3-20-13(18)7-12(17)14(19)9-4-5-10-8(2)15-16-11(10)6-9/h4-6,12,14,17,19H,3,7H2,1-2H3,(H,15,16). The number of fused-ring (bicyclic) bond motifs is 1. The van der Waals surface area contributed by atoms with Crippen LogP contribution < -0.4 is 0 Å². The second kappa shape index (κ2) is 6.02. The zero-order valence-corrected chi connectivity index (χ0v) is 11.5. The summed E-state index contributed by atoms with van der Waals surface area (Å²) < 4.78 is 4.74. The number of esters is 1. The fraction of sp³-hybridized carbons (Fsp3) is 0.429. The topological polar surface area (TPSA) is 95.4 Å². The number of ether oxygens (including phenoxy) is 1. The Morgan fingerprint density at radius 1 is 1.45 bits per heavy atom. The Morgan fingerprint density at radius 3 is 2.90 bits per heavy atom. The fourth-order valence-electron chi connectivity index (χ4n) is 2.07. The van der Waals surface area contributed by atoms with Gasteiger partial charge in [-0.05, 0) is 25.5 Å². The Hall–Kier alpha value is -1.92. The summed E-state index contributed by atoms with van der Waals surface area (Å²) in [6, 6.07) is 5.23. The summed E-state index contributed by atoms with van der Waals surface area (Å²) >= 11 is 0. The number of benzene rings is 1. The van der Waals surface area contributed by atoms with Crippen LogP contribution >= 0.6 is 0 Å². The van der Waals surface area contributed by atoms with Crippen molar-refractivity contribution >= 4 is 16.9 Å². The van der Waals surface area contributed by atoms with Crippen molar-refractivity contribution < 1.29 is 19.7 Å². The molecular formula is C14H18N2O4. The average Bonchev–Trinajstić information content (AvgIpc) is 2.79. The number of carbonyl (C=O) groups excluding carboxylic acids is 1. The van der Waals surface area contributed by atoms with Gasteiger partial charge in [-0.2, -0.15) is 5.10 Å². The minimum Gasteiger partial charge on any atom is -0.466 e. The predicted octanol–water partition coefficient (Wildman–Crippen LogP) is 1.22. The predicted molar refractivity (Wildman–Crippen MR) is 73.0 cm³/mol. The second-order valence-corrected chi connectivity index (χ2v) is 4.65. The molecular weight excluding hydrogens is 260 g/mol. The largest absolute Gasteiger partial charge is 0.466 e. The van der Waals surface area contributed by atoms with Crippen molar-refractivity contribution in [3.05, 3.63) is 29.5 Å². The molecule has 0 aliphatic carbocycles. The van der Waals surface area contributed by atoms with Crippen molar-refractivity contribution in [3.8, 4) is 0 Å². The van der Waals surface area contributed by atoms with Crippen molar-refractivity contribution in [2.24, 2.45) is 0 Å². The number of hydrogen-bond acceptors (Lipinski definition) is 5. The molecule has 0 saturated carbocycles. The highest BCUT2D eigenvalue weighted by Gasteiger charge is 2.22. The van der Waals surface area contributed by atoms with Crippen LogP contribution in [0.5, 0.6) is 0 Å². The van der Waals surface area contributed by atoms with E-state index >= 15 is 0 Å². The third-order valence-corrected chi connectivity index (χ3v) is 3.16. The molecule has 2 rings (SSSR count). The van der Waals surface area contributed by atoms with Gasteiger partial charge in [-0.25, -0.2) is 0 Å². The summed E-state index contributed by atoms with van der Waals surface area (Å²) in [5, 5.41) is 27.9. The van der Waals surface area contributed by atoms with Gasteiger partial charge in [0.05, 0.1) is 24.6 Å². The number of hydrogen-bond donors (Lipinski definition) is 3. The van der Waals surface area contributed by atoms with Crippen LogP contribution in [0.3, 0.4) is 0 Å². The van der Waals surface area contributed by atoms with Crippen LogP contribution in [0, 0.1) is 6.92 Å². The third kappa shape index (κ3) is 2.97. The van der Waals surface area contributed by atoms with Gasteiger partial charge in [0, 0.05) is 11.1 Å². The first kappa shape index (κ1) is 14.5. The van der Waals surface area contributed by atoms with Gasteiger partial charge >= 0.3 is 5.97 Å². The molecule has 3 N–H and O–H groups in total. The van der Waals surface area contributed by atoms with Gasteiger partial charge in [0.2, 0.25) is 0 Å². The number of aromatic amines is 1. The zero-order chi connectivity index (χ0) is 14.7. The van der Waals surface area contributed by atoms with Crippen LogP contribution in [0.2, 0.25) is 0 Å². The minimum atomic E-state index is -1.20. The molecule has 2 unspecified atom stereocenters. The lowest BCUT2D eigenvalue weighted by molar-refractivity contribution is -0.147. The smallest absolute Gasteiger partial charge is 0.308 e. The van der Waals surface area contributed by atoms with Crippen molar-refractivity contribution in [1.29, 1.82) is 0 Å². The van der Waals surface area contributed by atoms with Gasteiger partial charge in [-0.3, -0.25) is 9.89 Å². The molecule has 0 saturated heterocycles. The molecule has 0 amide bonds. The van der Waals surface area contributed by atoms with E-state index in [2.05, 4.69) is 10.2 Å². The highest BCUT2D eigenvalue weighted by atomic mass is 16.5. The van der Waals surface area contributed by atoms with Crippen LogP contribution in [-0.2, 0) is 9.53 Å². The Balaban J connectivity index is 2.13. The Labute approximate surface area is 116 Å². The maximum Gasteiger partial charge on any atom is 0.308 e. The van der Waals surface area contributed by atoms with E-state index in [1.165, 1.54) is 0 Å². The van der Waals surface area contributed by atoms with E-state index in [0.29, 0.717) is 11.1 Å². The van der Waals surface area contributed by atoms with Gasteiger partial charge in [-0.15, -0.1) is 0 Å². The normalized spacial score (nSPS) is 14.2. The molecule has 0 bridgehead atoms. The molecule has 0 radical (unpaired) electrons. The Morgan fingerprint density at radius 2 is 2.20 bits per heavy atom. The summed E-state index contributed by atoms with van der Waals surface area (Å²) in [5.74, 6) is -0.532. The second-order valence-electron chi connectivity index (χ2n) is 4.65. The van der Waals surface area contributed by atoms with E-state index in [4.69, 9.17) is 4.74 Å². The molecule has 0 fully saturated rings. The minimum absolute atomic E-state index is 0.243. The van der Waals surface area contributed by atoms with Gasteiger partial charge in [-0.1, -0.05) is 12.1 Å². The first-order valence-corrected chi connectivity index (χ1v) is 6.49. The molecule has 0 aliphatic heterocycles. The number of aromatic nitrogens is 2. The lowest BCUT2D eigenvalue weighted by atomic mass is 10.0. The number of carbonyl (C=O) groups is 1. The number of aliphatic hydroxyl groups is 2. The van der Waals surface area contributed by atoms with Crippen molar-refractivity contribution in [2.75, 3.05) is 6.61 Å². The Bertz CT molecular complexity index is 608. The molecule has 1 heterocycles. The van der Waals surface area contributed by atoms with E-state index in [1.807, 2.05) is 13.0 Å². The number of H-pyrrole nitrogens is 1. The summed E-state index contributed by atoms with van der Waals surface area (Å²) in [7, 11) is 0. The number of nitrogens with zero attached hydrogens (tertiary/aromatic N) is 1. The summed E-state index contributed by atoms with van der Waals surface area (Å²) in [6.07, 6.45) is -2.60. The molecule has 0 aliphatic rings. The maximum absolute atomic E-state index is 11.3. The highest BCUT2D eigenvalue weighted by molar-refractivity contribution is 5.81. The fourth-order valence-corrected chi connectivity index (χ4v) is 2.07. The summed E-state index contributed by atoms with van der Waals surface area (Å²) in [4.78, 5) is 11.3. The van der Waals surface area contributed by atoms with Crippen LogP contribution in [0.1, 0.15) is 30.7 Å². The van der Waals surface area contributed by atoms with Crippen molar-refractivity contribution in [3.63, 3.8) is 0 Å². The maximum atomic E-state index is 11.3. The SMILES string of the molecule is CCOC(=O)CC(O)C(O)c1ccc2c(C)[nH]nc2c1. The van der Waals surface area contributed by atoms with Crippen LogP contribution in [-0.4, -0.2) is 39.1 Å². The first-order chi connectivity index (χ1) is 9.52. The molecule has 2 atom stereocenters. The van der Waals surface area contributed by atoms with E-state index in [0.717, 1.165) is 11.1 Å². The van der Waals surface area contributed by atoms with Crippen molar-refractivity contribution in [1.82, 2.24) is 10.2 Å². The van der Waals surface area contributed by atoms with E-state index in [-0.39, 0.29) is 13.0 Å². The molecule has 0 spiro atoms. The molecule has 108 valence electrons. The highest BCUT2D eigenvalue weighted by Crippen LogP contribution is 2.24. The third-order valence-electron chi connectivity index (χ3n) is 3.16. The van der Waals surface area contributed by atoms with Gasteiger partial charge < -0.3 is 14.9 Å². The quantitative estimate of drug-likeness (QED) is 0.715. The van der Waals surface area contributed by atoms with Gasteiger partial charge in [0.15, 0.2) is 0 Å². The molecule has 1 aromatic heterocycles. The lowest BCUT2D eigenvalue weighted by Crippen LogP contribution is -2.23. The van der Waals surface area contributed by atoms with Crippen LogP contribution in [0.15, 0.2) is 18.2 Å². The molecule has 6 nitrogen and oxygen atoms in total. The number of aliphatic hydroxyl groups excluding tert-OH is 2. The van der Waals surface area contributed by atoms with E-state index in [1.54, 1.807) is 19.1 Å². The molecule has 6 heteroatoms. The summed E-state index contributed by atoms with van der Waals surface area (Å²) in [6.45, 7) is 3.84. The zero-order valence-electron chi connectivity index (χ0n) is 11.5. The van der Waals surface area contributed by atoms with Crippen molar-refractivity contribution in [2.45, 2.75) is 32.5 Å². The number of aryl methyl sites for hydroxylation is 1. The monoisotopic (exact) mass is 278 g/mol. The first-order valence-electron chi connectivity index (χ1n) is 6.49. The summed E-state index contributed by atoms with van der Waals surface area (Å²) in [5.41, 5.74) is 2.16. The number of rotatable bonds is 5. The number of nitrogens with one attached hydrogen (secondary N) is 1. The van der Waals surface area contributed by atoms with Gasteiger partial charge in [0.1, 0.15) is 6.10 Å². The average molecular weight is 278 g/mol. The van der Waals surface area contributed by atoms with Gasteiger partial charge in [0.25, 0.3) is 0 Å². The Kier molecular flexibility index (Phi) is 4.36. The van der Waals surface area contributed by atoms with E-state index in [9.17, 15) is 15.0 Å². The molecule has 20 heavy (non-hydrogen) atoms.